The van der Waals surface area contributed by atoms with E-state index in [4.69, 9.17) is 11.6 Å². The van der Waals surface area contributed by atoms with Crippen LogP contribution in [0.5, 0.6) is 0 Å². The van der Waals surface area contributed by atoms with Gasteiger partial charge in [0.2, 0.25) is 15.7 Å². The van der Waals surface area contributed by atoms with Gasteiger partial charge < -0.3 is 10.0 Å². The van der Waals surface area contributed by atoms with E-state index in [0.717, 1.165) is 0 Å². The zero-order valence-corrected chi connectivity index (χ0v) is 14.0. The summed E-state index contributed by atoms with van der Waals surface area (Å²) >= 11 is 5.94. The van der Waals surface area contributed by atoms with Crippen molar-refractivity contribution in [3.63, 3.8) is 0 Å². The van der Waals surface area contributed by atoms with Crippen molar-refractivity contribution in [3.05, 3.63) is 41.3 Å². The van der Waals surface area contributed by atoms with E-state index in [0.29, 0.717) is 12.8 Å². The second-order valence-electron chi connectivity index (χ2n) is 5.85. The first kappa shape index (κ1) is 16.5. The summed E-state index contributed by atoms with van der Waals surface area (Å²) in [7, 11) is -3.75. The van der Waals surface area contributed by atoms with Gasteiger partial charge in [-0.1, -0.05) is 18.2 Å². The van der Waals surface area contributed by atoms with Gasteiger partial charge >= 0.3 is 0 Å². The van der Waals surface area contributed by atoms with Crippen LogP contribution in [0.2, 0.25) is 0 Å². The minimum Gasteiger partial charge on any atom is -0.389 e. The van der Waals surface area contributed by atoms with Gasteiger partial charge in [0, 0.05) is 24.8 Å². The summed E-state index contributed by atoms with van der Waals surface area (Å²) in [5.41, 5.74) is 0. The topological polar surface area (TPSA) is 74.7 Å². The van der Waals surface area contributed by atoms with E-state index in [-0.39, 0.29) is 34.1 Å². The molecule has 1 fully saturated rings. The maximum atomic E-state index is 12.9. The number of carbonyl (C=O) groups excluding carboxylic acids is 1. The molecule has 0 unspecified atom stereocenters. The van der Waals surface area contributed by atoms with E-state index in [2.05, 4.69) is 0 Å². The van der Waals surface area contributed by atoms with Gasteiger partial charge in [-0.15, -0.1) is 11.6 Å². The maximum absolute atomic E-state index is 12.9. The van der Waals surface area contributed by atoms with E-state index in [9.17, 15) is 18.3 Å². The number of aliphatic hydroxyl groups excluding tert-OH is 1. The largest absolute Gasteiger partial charge is 0.389 e. The molecule has 0 aromatic heterocycles. The van der Waals surface area contributed by atoms with Crippen LogP contribution in [0.3, 0.4) is 0 Å². The van der Waals surface area contributed by atoms with Crippen molar-refractivity contribution in [1.29, 1.82) is 0 Å². The molecule has 3 rings (SSSR count). The molecule has 1 heterocycles. The van der Waals surface area contributed by atoms with Crippen LogP contribution >= 0.6 is 11.6 Å². The van der Waals surface area contributed by atoms with Crippen LogP contribution < -0.4 is 0 Å². The van der Waals surface area contributed by atoms with Crippen molar-refractivity contribution in [2.45, 2.75) is 42.3 Å². The van der Waals surface area contributed by atoms with E-state index in [1.807, 2.05) is 0 Å². The molecule has 0 saturated carbocycles. The predicted molar refractivity (Wildman–Crippen MR) is 86.7 cm³/mol. The quantitative estimate of drug-likeness (QED) is 0.834. The Hall–Kier alpha value is -1.37. The fourth-order valence-corrected chi connectivity index (χ4v) is 5.31. The number of halogens is 1. The van der Waals surface area contributed by atoms with Gasteiger partial charge in [-0.3, -0.25) is 4.79 Å². The lowest BCUT2D eigenvalue weighted by Crippen LogP contribution is -2.44. The molecule has 3 atom stereocenters. The number of rotatable bonds is 4. The standard InChI is InChI=1S/C16H18ClNO4S/c17-10-11-6-7-16(20)18(11)14-8-12(19)9-15(14)23(21,22)13-4-2-1-3-5-13/h1-5,9,11-12,14,19H,6-8,10H2/t11-,12+,14-/m0/s1. The smallest absolute Gasteiger partial charge is 0.223 e. The van der Waals surface area contributed by atoms with Gasteiger partial charge in [-0.25, -0.2) is 8.42 Å². The van der Waals surface area contributed by atoms with Crippen molar-refractivity contribution in [3.8, 4) is 0 Å². The number of sulfone groups is 1. The molecule has 1 aromatic rings. The van der Waals surface area contributed by atoms with Gasteiger partial charge in [-0.2, -0.15) is 0 Å². The molecule has 5 nitrogen and oxygen atoms in total. The van der Waals surface area contributed by atoms with Gasteiger partial charge in [0.25, 0.3) is 0 Å². The van der Waals surface area contributed by atoms with E-state index in [1.54, 1.807) is 23.1 Å². The molecular formula is C16H18ClNO4S. The lowest BCUT2D eigenvalue weighted by molar-refractivity contribution is -0.130. The van der Waals surface area contributed by atoms with Crippen LogP contribution in [-0.2, 0) is 14.6 Å². The van der Waals surface area contributed by atoms with Gasteiger partial charge in [0.05, 0.1) is 21.9 Å². The zero-order valence-electron chi connectivity index (χ0n) is 12.4. The van der Waals surface area contributed by atoms with Crippen molar-refractivity contribution in [2.24, 2.45) is 0 Å². The lowest BCUT2D eigenvalue weighted by Gasteiger charge is -2.31. The van der Waals surface area contributed by atoms with Crippen LogP contribution in [0, 0.1) is 0 Å². The number of likely N-dealkylation sites (tertiary alicyclic amines) is 1. The molecule has 7 heteroatoms. The number of amides is 1. The molecule has 1 amide bonds. The molecule has 1 aliphatic carbocycles. The lowest BCUT2D eigenvalue weighted by atomic mass is 10.2. The highest BCUT2D eigenvalue weighted by Gasteiger charge is 2.44. The highest BCUT2D eigenvalue weighted by atomic mass is 35.5. The molecule has 0 spiro atoms. The van der Waals surface area contributed by atoms with Crippen LogP contribution in [0.4, 0.5) is 0 Å². The maximum Gasteiger partial charge on any atom is 0.223 e. The van der Waals surface area contributed by atoms with Gasteiger partial charge in [0.15, 0.2) is 0 Å². The second kappa shape index (κ2) is 6.26. The fraction of sp³-hybridized carbons (Fsp3) is 0.438. The van der Waals surface area contributed by atoms with Gasteiger partial charge in [-0.05, 0) is 24.6 Å². The highest BCUT2D eigenvalue weighted by molar-refractivity contribution is 7.95. The number of carbonyl (C=O) groups is 1. The summed E-state index contributed by atoms with van der Waals surface area (Å²) in [6.45, 7) is 0. The number of nitrogens with zero attached hydrogens (tertiary/aromatic N) is 1. The zero-order chi connectivity index (χ0) is 16.6. The third-order valence-corrected chi connectivity index (χ3v) is 6.68. The third-order valence-electron chi connectivity index (χ3n) is 4.40. The minimum atomic E-state index is -3.75. The van der Waals surface area contributed by atoms with Crippen LogP contribution in [-0.4, -0.2) is 48.4 Å². The van der Waals surface area contributed by atoms with Crippen LogP contribution in [0.15, 0.2) is 46.2 Å². The number of aliphatic hydroxyl groups is 1. The summed E-state index contributed by atoms with van der Waals surface area (Å²) in [4.78, 5) is 14.0. The van der Waals surface area contributed by atoms with Crippen molar-refractivity contribution in [1.82, 2.24) is 4.90 Å². The first-order valence-corrected chi connectivity index (χ1v) is 9.54. The molecule has 1 aliphatic heterocycles. The molecule has 2 aliphatic rings. The SMILES string of the molecule is O=C1CC[C@@H](CCl)N1[C@H]1C[C@@H](O)C=C1S(=O)(=O)c1ccccc1. The molecule has 1 aromatic carbocycles. The minimum absolute atomic E-state index is 0.0987. The summed E-state index contributed by atoms with van der Waals surface area (Å²) in [6, 6.07) is 7.24. The van der Waals surface area contributed by atoms with Crippen molar-refractivity contribution >= 4 is 27.3 Å². The first-order valence-electron chi connectivity index (χ1n) is 7.52. The molecule has 1 N–H and O–H groups in total. The number of hydrogen-bond donors (Lipinski definition) is 1. The molecule has 23 heavy (non-hydrogen) atoms. The normalized spacial score (nSPS) is 28.3. The van der Waals surface area contributed by atoms with Crippen molar-refractivity contribution in [2.75, 3.05) is 5.88 Å². The Labute approximate surface area is 140 Å². The molecule has 0 radical (unpaired) electrons. The molecule has 0 bridgehead atoms. The Morgan fingerprint density at radius 1 is 1.26 bits per heavy atom. The van der Waals surface area contributed by atoms with Crippen molar-refractivity contribution < 1.29 is 18.3 Å². The Balaban J connectivity index is 2.00. The van der Waals surface area contributed by atoms with Crippen LogP contribution in [0.1, 0.15) is 19.3 Å². The van der Waals surface area contributed by atoms with E-state index < -0.39 is 22.0 Å². The number of alkyl halides is 1. The Bertz CT molecular complexity index is 732. The first-order chi connectivity index (χ1) is 10.9. The Morgan fingerprint density at radius 3 is 2.61 bits per heavy atom. The molecule has 1 saturated heterocycles. The number of hydrogen-bond acceptors (Lipinski definition) is 4. The Morgan fingerprint density at radius 2 is 1.96 bits per heavy atom. The summed E-state index contributed by atoms with van der Waals surface area (Å²) in [6.07, 6.45) is 1.65. The third kappa shape index (κ3) is 2.91. The molecular weight excluding hydrogens is 338 g/mol. The second-order valence-corrected chi connectivity index (χ2v) is 8.11. The summed E-state index contributed by atoms with van der Waals surface area (Å²) in [5.74, 6) is 0.153. The molecule has 124 valence electrons. The monoisotopic (exact) mass is 355 g/mol. The predicted octanol–water partition coefficient (Wildman–Crippen LogP) is 1.71. The summed E-state index contributed by atoms with van der Waals surface area (Å²) < 4.78 is 25.8. The highest BCUT2D eigenvalue weighted by Crippen LogP contribution is 2.36. The van der Waals surface area contributed by atoms with E-state index in [1.165, 1.54) is 18.2 Å². The Kier molecular flexibility index (Phi) is 4.49. The van der Waals surface area contributed by atoms with Crippen LogP contribution in [0.25, 0.3) is 0 Å². The average molecular weight is 356 g/mol. The average Bonchev–Trinajstić information content (AvgIpc) is 3.10. The van der Waals surface area contributed by atoms with E-state index >= 15 is 0 Å². The summed E-state index contributed by atoms with van der Waals surface area (Å²) in [5, 5.41) is 9.97. The fourth-order valence-electron chi connectivity index (χ4n) is 3.31. The van der Waals surface area contributed by atoms with Gasteiger partial charge in [0.1, 0.15) is 0 Å². The number of benzene rings is 1.